The van der Waals surface area contributed by atoms with Crippen LogP contribution in [-0.2, 0) is 7.05 Å². The second-order valence-electron chi connectivity index (χ2n) is 3.29. The van der Waals surface area contributed by atoms with Crippen molar-refractivity contribution >= 4 is 11.6 Å². The minimum absolute atomic E-state index is 0.157. The van der Waals surface area contributed by atoms with Crippen molar-refractivity contribution in [3.8, 4) is 11.1 Å². The molecule has 4 heteroatoms. The third-order valence-corrected chi connectivity index (χ3v) is 2.46. The smallest absolute Gasteiger partial charge is 0.132 e. The summed E-state index contributed by atoms with van der Waals surface area (Å²) < 4.78 is 22.9. The molecule has 0 aliphatic carbocycles. The number of nitrogens with zero attached hydrogens (tertiary/aromatic N) is 2. The van der Waals surface area contributed by atoms with Crippen LogP contribution in [0.5, 0.6) is 0 Å². The summed E-state index contributed by atoms with van der Waals surface area (Å²) in [5.41, 5.74) is 1.30. The highest BCUT2D eigenvalue weighted by atomic mass is 35.5. The molecule has 0 fully saturated rings. The largest absolute Gasteiger partial charge is 0.275 e. The van der Waals surface area contributed by atoms with Gasteiger partial charge in [-0.2, -0.15) is 5.10 Å². The lowest BCUT2D eigenvalue weighted by Crippen LogP contribution is -1.86. The average Bonchev–Trinajstić information content (AvgIpc) is 2.44. The van der Waals surface area contributed by atoms with Crippen LogP contribution in [0, 0.1) is 12.7 Å². The third-order valence-electron chi connectivity index (χ3n) is 2.15. The van der Waals surface area contributed by atoms with Crippen LogP contribution in [0.2, 0.25) is 5.02 Å². The number of benzene rings is 1. The maximum atomic E-state index is 13.7. The molecule has 15 heavy (non-hydrogen) atoms. The van der Waals surface area contributed by atoms with Gasteiger partial charge in [-0.1, -0.05) is 17.7 Å². The average molecular weight is 226 g/mol. The Balaban J connectivity index is 2.77. The molecule has 0 atom stereocenters. The Morgan fingerprint density at radius 3 is 2.80 bits per heavy atom. The van der Waals surface area contributed by atoms with Crippen molar-refractivity contribution in [3.63, 3.8) is 0 Å². The monoisotopic (exact) mass is 225 g/mol. The quantitative estimate of drug-likeness (QED) is 0.729. The van der Waals surface area contributed by atoms with E-state index in [4.69, 9.17) is 13.0 Å². The van der Waals surface area contributed by atoms with E-state index in [0.29, 0.717) is 16.3 Å². The first kappa shape index (κ1) is 8.92. The first-order valence-corrected chi connectivity index (χ1v) is 4.84. The minimum Gasteiger partial charge on any atom is -0.275 e. The zero-order chi connectivity index (χ0) is 11.9. The highest BCUT2D eigenvalue weighted by molar-refractivity contribution is 6.33. The lowest BCUT2D eigenvalue weighted by Gasteiger charge is -2.03. The van der Waals surface area contributed by atoms with Crippen molar-refractivity contribution in [2.24, 2.45) is 7.05 Å². The van der Waals surface area contributed by atoms with Crippen LogP contribution in [0.1, 0.15) is 7.06 Å². The van der Waals surface area contributed by atoms with E-state index in [2.05, 4.69) is 5.10 Å². The summed E-state index contributed by atoms with van der Waals surface area (Å²) in [5, 5.41) is 4.37. The van der Waals surface area contributed by atoms with E-state index < -0.39 is 5.82 Å². The lowest BCUT2D eigenvalue weighted by atomic mass is 10.1. The van der Waals surface area contributed by atoms with Crippen molar-refractivity contribution < 1.29 is 5.76 Å². The molecule has 1 heterocycles. The van der Waals surface area contributed by atoms with Gasteiger partial charge in [-0.05, 0) is 19.1 Å². The van der Waals surface area contributed by atoms with Gasteiger partial charge in [0.15, 0.2) is 0 Å². The standard InChI is InChI=1S/C11H10ClFN2/c1-7-8(6-15(2)14-7)11-9(12)4-3-5-10(11)13/h3-6H,1-2H3/i6D. The Morgan fingerprint density at radius 2 is 2.27 bits per heavy atom. The predicted octanol–water partition coefficient (Wildman–Crippen LogP) is 3.19. The van der Waals surface area contributed by atoms with Crippen molar-refractivity contribution in [1.82, 2.24) is 9.78 Å². The van der Waals surface area contributed by atoms with Crippen LogP contribution in [0.4, 0.5) is 4.39 Å². The molecule has 78 valence electrons. The molecule has 0 aliphatic heterocycles. The summed E-state index contributed by atoms with van der Waals surface area (Å²) in [5.74, 6) is -0.433. The Hall–Kier alpha value is -1.35. The Bertz CT molecular complexity index is 531. The summed E-state index contributed by atoms with van der Waals surface area (Å²) >= 11 is 5.96. The van der Waals surface area contributed by atoms with Crippen LogP contribution >= 0.6 is 11.6 Å². The Labute approximate surface area is 93.7 Å². The normalized spacial score (nSPS) is 11.6. The van der Waals surface area contributed by atoms with E-state index in [1.807, 2.05) is 0 Å². The topological polar surface area (TPSA) is 17.8 Å². The van der Waals surface area contributed by atoms with Crippen LogP contribution in [0.3, 0.4) is 0 Å². The summed E-state index contributed by atoms with van der Waals surface area (Å²) in [6.07, 6.45) is 0.157. The molecule has 0 radical (unpaired) electrons. The lowest BCUT2D eigenvalue weighted by molar-refractivity contribution is 0.631. The first-order chi connectivity index (χ1) is 7.52. The molecule has 1 aromatic heterocycles. The van der Waals surface area contributed by atoms with Crippen molar-refractivity contribution in [3.05, 3.63) is 40.9 Å². The van der Waals surface area contributed by atoms with Gasteiger partial charge in [0.2, 0.25) is 0 Å². The van der Waals surface area contributed by atoms with E-state index in [1.54, 1.807) is 20.0 Å². The van der Waals surface area contributed by atoms with E-state index in [9.17, 15) is 4.39 Å². The van der Waals surface area contributed by atoms with E-state index in [-0.39, 0.29) is 11.7 Å². The fraction of sp³-hybridized carbons (Fsp3) is 0.182. The summed E-state index contributed by atoms with van der Waals surface area (Å²) in [6, 6.07) is 4.47. The SMILES string of the molecule is [2H]c1c(-c2c(F)cccc2Cl)c(C)nn1C. The number of halogens is 2. The second-order valence-corrected chi connectivity index (χ2v) is 3.70. The molecule has 0 bridgehead atoms. The maximum Gasteiger partial charge on any atom is 0.132 e. The number of rotatable bonds is 1. The van der Waals surface area contributed by atoms with Crippen molar-refractivity contribution in [2.75, 3.05) is 0 Å². The van der Waals surface area contributed by atoms with E-state index >= 15 is 0 Å². The molecule has 0 spiro atoms. The van der Waals surface area contributed by atoms with Gasteiger partial charge in [-0.15, -0.1) is 0 Å². The van der Waals surface area contributed by atoms with Crippen LogP contribution in [-0.4, -0.2) is 9.78 Å². The molecular weight excluding hydrogens is 215 g/mol. The molecule has 0 unspecified atom stereocenters. The van der Waals surface area contributed by atoms with Crippen LogP contribution < -0.4 is 0 Å². The maximum absolute atomic E-state index is 13.7. The molecular formula is C11H10ClFN2. The summed E-state index contributed by atoms with van der Waals surface area (Å²) in [7, 11) is 1.65. The second kappa shape index (κ2) is 3.66. The predicted molar refractivity (Wildman–Crippen MR) is 58.3 cm³/mol. The van der Waals surface area contributed by atoms with Crippen molar-refractivity contribution in [2.45, 2.75) is 6.92 Å². The molecule has 2 nitrogen and oxygen atoms in total. The van der Waals surface area contributed by atoms with Gasteiger partial charge < -0.3 is 0 Å². The molecule has 1 aromatic carbocycles. The van der Waals surface area contributed by atoms with Gasteiger partial charge in [0, 0.05) is 24.3 Å². The Kier molecular flexibility index (Phi) is 2.18. The van der Waals surface area contributed by atoms with Gasteiger partial charge in [0.1, 0.15) is 5.82 Å². The molecule has 0 amide bonds. The molecule has 0 saturated heterocycles. The van der Waals surface area contributed by atoms with E-state index in [1.165, 1.54) is 16.8 Å². The van der Waals surface area contributed by atoms with Crippen LogP contribution in [0.15, 0.2) is 24.4 Å². The van der Waals surface area contributed by atoms with E-state index in [0.717, 1.165) is 0 Å². The first-order valence-electron chi connectivity index (χ1n) is 4.97. The minimum atomic E-state index is -0.433. The van der Waals surface area contributed by atoms with Gasteiger partial charge in [0.25, 0.3) is 0 Å². The molecule has 0 aliphatic rings. The number of aryl methyl sites for hydroxylation is 2. The zero-order valence-electron chi connectivity index (χ0n) is 9.38. The van der Waals surface area contributed by atoms with Gasteiger partial charge >= 0.3 is 0 Å². The number of aromatic nitrogens is 2. The van der Waals surface area contributed by atoms with Crippen LogP contribution in [0.25, 0.3) is 11.1 Å². The van der Waals surface area contributed by atoms with Crippen molar-refractivity contribution in [1.29, 1.82) is 0 Å². The number of hydrogen-bond donors (Lipinski definition) is 0. The fourth-order valence-electron chi connectivity index (χ4n) is 1.52. The molecule has 2 rings (SSSR count). The summed E-state index contributed by atoms with van der Waals surface area (Å²) in [6.45, 7) is 1.73. The fourth-order valence-corrected chi connectivity index (χ4v) is 1.77. The molecule has 2 aromatic rings. The summed E-state index contributed by atoms with van der Waals surface area (Å²) in [4.78, 5) is 0. The van der Waals surface area contributed by atoms with Gasteiger partial charge in [-0.25, -0.2) is 4.39 Å². The highest BCUT2D eigenvalue weighted by Crippen LogP contribution is 2.31. The zero-order valence-corrected chi connectivity index (χ0v) is 9.14. The third kappa shape index (κ3) is 1.75. The number of hydrogen-bond acceptors (Lipinski definition) is 1. The highest BCUT2D eigenvalue weighted by Gasteiger charge is 2.13. The van der Waals surface area contributed by atoms with Gasteiger partial charge in [-0.3, -0.25) is 4.68 Å². The molecule has 0 saturated carbocycles. The Morgan fingerprint density at radius 1 is 1.53 bits per heavy atom. The van der Waals surface area contributed by atoms with Gasteiger partial charge in [0.05, 0.1) is 12.1 Å². The molecule has 0 N–H and O–H groups in total.